The number of ether oxygens (including phenoxy) is 2. The summed E-state index contributed by atoms with van der Waals surface area (Å²) in [6.07, 6.45) is 7.62. The van der Waals surface area contributed by atoms with Crippen LogP contribution in [0, 0.1) is 11.8 Å². The number of fused-ring (bicyclic) bond motifs is 2. The fourth-order valence-electron chi connectivity index (χ4n) is 5.58. The average molecular weight is 418 g/mol. The molecule has 6 atom stereocenters. The third-order valence-electron chi connectivity index (χ3n) is 6.98. The van der Waals surface area contributed by atoms with Gasteiger partial charge >= 0.3 is 5.97 Å². The lowest BCUT2D eigenvalue weighted by atomic mass is 9.75. The van der Waals surface area contributed by atoms with Crippen LogP contribution in [0.25, 0.3) is 0 Å². The standard InChI is InChI=1S/C22H30N2O6/c1-5-14(12-25)24-17-19(27)23(13(2)3)10-6-9-22(17)15(18(24)26)16-20(28)29-11-7-8-21(16,4)30-22/h6-9,13-17,25H,5,10-12H2,1-4H3/t14-,15-,16-,17?,21+,22-/m0/s1. The Labute approximate surface area is 176 Å². The first-order valence-corrected chi connectivity index (χ1v) is 10.7. The third-order valence-corrected chi connectivity index (χ3v) is 6.98. The van der Waals surface area contributed by atoms with E-state index in [1.807, 2.05) is 26.8 Å². The summed E-state index contributed by atoms with van der Waals surface area (Å²) in [7, 11) is 0. The molecule has 0 radical (unpaired) electrons. The minimum Gasteiger partial charge on any atom is -0.461 e. The van der Waals surface area contributed by atoms with Crippen LogP contribution in [0.1, 0.15) is 34.1 Å². The molecule has 0 aromatic rings. The van der Waals surface area contributed by atoms with Gasteiger partial charge in [-0.1, -0.05) is 25.2 Å². The van der Waals surface area contributed by atoms with E-state index in [-0.39, 0.29) is 31.1 Å². The number of esters is 1. The second kappa shape index (κ2) is 7.20. The summed E-state index contributed by atoms with van der Waals surface area (Å²) in [5.41, 5.74) is -2.35. The van der Waals surface area contributed by atoms with Gasteiger partial charge in [-0.15, -0.1) is 0 Å². The number of amides is 2. The molecule has 0 saturated carbocycles. The lowest BCUT2D eigenvalue weighted by molar-refractivity contribution is -0.160. The Bertz CT molecular complexity index is 818. The molecular weight excluding hydrogens is 388 g/mol. The number of hydrogen-bond donors (Lipinski definition) is 1. The van der Waals surface area contributed by atoms with Crippen LogP contribution < -0.4 is 0 Å². The minimum absolute atomic E-state index is 0.0742. The molecule has 8 heteroatoms. The highest BCUT2D eigenvalue weighted by Gasteiger charge is 2.75. The Morgan fingerprint density at radius 2 is 1.90 bits per heavy atom. The zero-order chi connectivity index (χ0) is 21.8. The fourth-order valence-corrected chi connectivity index (χ4v) is 5.58. The zero-order valence-electron chi connectivity index (χ0n) is 17.9. The van der Waals surface area contributed by atoms with Crippen molar-refractivity contribution < 1.29 is 29.0 Å². The van der Waals surface area contributed by atoms with Crippen molar-refractivity contribution in [2.45, 2.75) is 63.4 Å². The second-order valence-electron chi connectivity index (χ2n) is 9.01. The number of cyclic esters (lactones) is 1. The smallest absolute Gasteiger partial charge is 0.313 e. The van der Waals surface area contributed by atoms with Crippen LogP contribution >= 0.6 is 0 Å². The predicted molar refractivity (Wildman–Crippen MR) is 107 cm³/mol. The topological polar surface area (TPSA) is 96.4 Å². The summed E-state index contributed by atoms with van der Waals surface area (Å²) < 4.78 is 11.9. The molecule has 0 bridgehead atoms. The van der Waals surface area contributed by atoms with Crippen molar-refractivity contribution in [1.82, 2.24) is 9.80 Å². The van der Waals surface area contributed by atoms with Gasteiger partial charge in [-0.2, -0.15) is 0 Å². The van der Waals surface area contributed by atoms with Crippen LogP contribution in [0.4, 0.5) is 0 Å². The van der Waals surface area contributed by atoms with E-state index in [0.29, 0.717) is 13.0 Å². The Hall–Kier alpha value is -2.19. The van der Waals surface area contributed by atoms with E-state index in [1.165, 1.54) is 4.90 Å². The monoisotopic (exact) mass is 418 g/mol. The molecule has 4 heterocycles. The summed E-state index contributed by atoms with van der Waals surface area (Å²) in [6.45, 7) is 7.73. The number of carbonyl (C=O) groups excluding carboxylic acids is 3. The quantitative estimate of drug-likeness (QED) is 0.532. The van der Waals surface area contributed by atoms with Crippen molar-refractivity contribution >= 4 is 17.8 Å². The number of rotatable bonds is 4. The van der Waals surface area contributed by atoms with E-state index in [2.05, 4.69) is 0 Å². The molecule has 8 nitrogen and oxygen atoms in total. The third kappa shape index (κ3) is 2.69. The van der Waals surface area contributed by atoms with Gasteiger partial charge in [-0.3, -0.25) is 14.4 Å². The lowest BCUT2D eigenvalue weighted by Gasteiger charge is -2.40. The summed E-state index contributed by atoms with van der Waals surface area (Å²) in [5, 5.41) is 9.99. The molecule has 1 unspecified atom stereocenters. The molecule has 4 aliphatic heterocycles. The number of hydrogen-bond acceptors (Lipinski definition) is 6. The van der Waals surface area contributed by atoms with Crippen molar-refractivity contribution in [3.8, 4) is 0 Å². The molecule has 164 valence electrons. The minimum atomic E-state index is -1.29. The van der Waals surface area contributed by atoms with E-state index in [9.17, 15) is 19.5 Å². The predicted octanol–water partition coefficient (Wildman–Crippen LogP) is 0.648. The summed E-state index contributed by atoms with van der Waals surface area (Å²) in [4.78, 5) is 43.7. The van der Waals surface area contributed by atoms with Crippen LogP contribution in [-0.4, -0.2) is 81.8 Å². The first-order chi connectivity index (χ1) is 14.2. The average Bonchev–Trinajstić information content (AvgIpc) is 2.94. The SMILES string of the molecule is CC[C@@H](CO)N1C(=O)[C@@H]2[C@H]3C(=O)OCC=C[C@@]3(C)O[C@@]23C=CCN(C(C)C)C(=O)C13. The Morgan fingerprint density at radius 1 is 1.17 bits per heavy atom. The van der Waals surface area contributed by atoms with Crippen LogP contribution in [0.3, 0.4) is 0 Å². The Morgan fingerprint density at radius 3 is 2.53 bits per heavy atom. The molecule has 0 aromatic heterocycles. The van der Waals surface area contributed by atoms with E-state index in [1.54, 1.807) is 30.1 Å². The maximum Gasteiger partial charge on any atom is 0.313 e. The molecule has 0 aliphatic carbocycles. The molecule has 2 amide bonds. The van der Waals surface area contributed by atoms with Gasteiger partial charge in [0.05, 0.1) is 24.2 Å². The maximum absolute atomic E-state index is 13.8. The lowest BCUT2D eigenvalue weighted by Crippen LogP contribution is -2.59. The number of aliphatic hydroxyl groups is 1. The van der Waals surface area contributed by atoms with Crippen LogP contribution in [0.15, 0.2) is 24.3 Å². The largest absolute Gasteiger partial charge is 0.461 e. The molecule has 2 fully saturated rings. The Kier molecular flexibility index (Phi) is 5.05. The number of nitrogens with zero attached hydrogens (tertiary/aromatic N) is 2. The van der Waals surface area contributed by atoms with Gasteiger partial charge in [-0.05, 0) is 33.3 Å². The first-order valence-electron chi connectivity index (χ1n) is 10.7. The second-order valence-corrected chi connectivity index (χ2v) is 9.01. The summed E-state index contributed by atoms with van der Waals surface area (Å²) >= 11 is 0. The van der Waals surface area contributed by atoms with Crippen LogP contribution in [0.5, 0.6) is 0 Å². The number of carbonyl (C=O) groups is 3. The number of aliphatic hydroxyl groups excluding tert-OH is 1. The van der Waals surface area contributed by atoms with E-state index >= 15 is 0 Å². The fraction of sp³-hybridized carbons (Fsp3) is 0.682. The highest BCUT2D eigenvalue weighted by molar-refractivity contribution is 5.99. The molecule has 4 aliphatic rings. The van der Waals surface area contributed by atoms with Gasteiger partial charge in [0.15, 0.2) is 0 Å². The zero-order valence-corrected chi connectivity index (χ0v) is 17.9. The van der Waals surface area contributed by atoms with Gasteiger partial charge in [0, 0.05) is 12.6 Å². The van der Waals surface area contributed by atoms with Crippen LogP contribution in [-0.2, 0) is 23.9 Å². The van der Waals surface area contributed by atoms with Crippen molar-refractivity contribution in [1.29, 1.82) is 0 Å². The number of likely N-dealkylation sites (tertiary alicyclic amines) is 1. The molecule has 30 heavy (non-hydrogen) atoms. The summed E-state index contributed by atoms with van der Waals surface area (Å²) in [6, 6.07) is -1.56. The van der Waals surface area contributed by atoms with E-state index < -0.39 is 41.1 Å². The van der Waals surface area contributed by atoms with Gasteiger partial charge in [0.1, 0.15) is 24.2 Å². The van der Waals surface area contributed by atoms with Gasteiger partial charge in [0.2, 0.25) is 11.8 Å². The van der Waals surface area contributed by atoms with Gasteiger partial charge < -0.3 is 24.4 Å². The maximum atomic E-state index is 13.8. The highest BCUT2D eigenvalue weighted by atomic mass is 16.6. The Balaban J connectivity index is 1.92. The highest BCUT2D eigenvalue weighted by Crippen LogP contribution is 2.57. The van der Waals surface area contributed by atoms with Crippen molar-refractivity contribution in [2.75, 3.05) is 19.8 Å². The molecule has 1 spiro atoms. The van der Waals surface area contributed by atoms with Gasteiger partial charge in [0.25, 0.3) is 0 Å². The summed E-state index contributed by atoms with van der Waals surface area (Å²) in [5.74, 6) is -2.83. The molecule has 4 rings (SSSR count). The molecular formula is C22H30N2O6. The molecule has 1 N–H and O–H groups in total. The molecule has 0 aromatic carbocycles. The van der Waals surface area contributed by atoms with Crippen molar-refractivity contribution in [2.24, 2.45) is 11.8 Å². The van der Waals surface area contributed by atoms with Crippen molar-refractivity contribution in [3.05, 3.63) is 24.3 Å². The van der Waals surface area contributed by atoms with Crippen molar-refractivity contribution in [3.63, 3.8) is 0 Å². The normalized spacial score (nSPS) is 38.9. The first kappa shape index (κ1) is 21.1. The van der Waals surface area contributed by atoms with E-state index in [0.717, 1.165) is 0 Å². The molecule has 2 saturated heterocycles. The van der Waals surface area contributed by atoms with Crippen LogP contribution in [0.2, 0.25) is 0 Å². The van der Waals surface area contributed by atoms with Gasteiger partial charge in [-0.25, -0.2) is 0 Å². The van der Waals surface area contributed by atoms with E-state index in [4.69, 9.17) is 9.47 Å².